The van der Waals surface area contributed by atoms with E-state index in [0.717, 1.165) is 41.6 Å². The predicted octanol–water partition coefficient (Wildman–Crippen LogP) is 3.58. The molecule has 0 saturated carbocycles. The lowest BCUT2D eigenvalue weighted by atomic mass is 10.0. The SMILES string of the molecule is Cc1cc(C[C@@H](OC(=O)N2CCC(N3CCc4ccccc4NC3=O)CC2)C(=O)N2CCC(N(C)C)CC2)cc2oc(=O)[nH]c12. The van der Waals surface area contributed by atoms with Crippen LogP contribution in [0.2, 0.25) is 0 Å². The van der Waals surface area contributed by atoms with Crippen molar-refractivity contribution in [2.45, 2.75) is 63.6 Å². The Bertz CT molecular complexity index is 1620. The molecule has 12 nitrogen and oxygen atoms in total. The molecule has 12 heteroatoms. The fourth-order valence-corrected chi connectivity index (χ4v) is 6.91. The van der Waals surface area contributed by atoms with E-state index in [2.05, 4.69) is 15.2 Å². The Morgan fingerprint density at radius 1 is 1.00 bits per heavy atom. The number of amides is 4. The molecule has 0 unspecified atom stereocenters. The smallest absolute Gasteiger partial charge is 0.417 e. The summed E-state index contributed by atoms with van der Waals surface area (Å²) in [5, 5.41) is 3.03. The van der Waals surface area contributed by atoms with Gasteiger partial charge in [-0.1, -0.05) is 24.3 Å². The number of hydrogen-bond acceptors (Lipinski definition) is 7. The summed E-state index contributed by atoms with van der Waals surface area (Å²) in [4.78, 5) is 62.4. The van der Waals surface area contributed by atoms with Crippen LogP contribution in [0.15, 0.2) is 45.6 Å². The van der Waals surface area contributed by atoms with Gasteiger partial charge in [0.2, 0.25) is 0 Å². The van der Waals surface area contributed by atoms with Crippen LogP contribution in [0.1, 0.15) is 42.4 Å². The van der Waals surface area contributed by atoms with E-state index in [1.54, 1.807) is 15.9 Å². The van der Waals surface area contributed by atoms with Crippen molar-refractivity contribution < 1.29 is 23.5 Å². The van der Waals surface area contributed by atoms with Crippen molar-refractivity contribution in [2.75, 3.05) is 52.1 Å². The van der Waals surface area contributed by atoms with Crippen molar-refractivity contribution in [1.82, 2.24) is 24.6 Å². The van der Waals surface area contributed by atoms with Gasteiger partial charge < -0.3 is 34.1 Å². The van der Waals surface area contributed by atoms with Crippen LogP contribution in [0.25, 0.3) is 11.1 Å². The van der Waals surface area contributed by atoms with Gasteiger partial charge in [-0.15, -0.1) is 0 Å². The van der Waals surface area contributed by atoms with Crippen LogP contribution in [0.3, 0.4) is 0 Å². The number of nitrogens with one attached hydrogen (secondary N) is 2. The molecular weight excluding hydrogens is 576 g/mol. The number of benzene rings is 2. The fraction of sp³-hybridized carbons (Fsp3) is 0.515. The number of anilines is 1. The summed E-state index contributed by atoms with van der Waals surface area (Å²) in [6.45, 7) is 4.51. The summed E-state index contributed by atoms with van der Waals surface area (Å²) in [6, 6.07) is 11.8. The molecule has 3 aliphatic rings. The zero-order valence-electron chi connectivity index (χ0n) is 26.2. The van der Waals surface area contributed by atoms with E-state index in [0.29, 0.717) is 62.7 Å². The van der Waals surface area contributed by atoms with Crippen molar-refractivity contribution in [3.8, 4) is 0 Å². The quantitative estimate of drug-likeness (QED) is 0.432. The number of carbonyl (C=O) groups excluding carboxylic acids is 3. The number of H-pyrrole nitrogens is 1. The maximum absolute atomic E-state index is 13.9. The Morgan fingerprint density at radius 2 is 1.71 bits per heavy atom. The molecular formula is C33H42N6O6. The zero-order chi connectivity index (χ0) is 31.7. The average Bonchev–Trinajstić information content (AvgIpc) is 3.33. The second kappa shape index (κ2) is 13.0. The van der Waals surface area contributed by atoms with Gasteiger partial charge in [-0.3, -0.25) is 9.78 Å². The summed E-state index contributed by atoms with van der Waals surface area (Å²) in [5.41, 5.74) is 4.52. The molecule has 0 bridgehead atoms. The number of ether oxygens (including phenoxy) is 1. The lowest BCUT2D eigenvalue weighted by molar-refractivity contribution is -0.142. The summed E-state index contributed by atoms with van der Waals surface area (Å²) in [5.74, 6) is -0.761. The third-order valence-corrected chi connectivity index (χ3v) is 9.54. The van der Waals surface area contributed by atoms with Gasteiger partial charge in [0.1, 0.15) is 0 Å². The van der Waals surface area contributed by atoms with Gasteiger partial charge in [-0.25, -0.2) is 14.4 Å². The summed E-state index contributed by atoms with van der Waals surface area (Å²) >= 11 is 0. The highest BCUT2D eigenvalue weighted by Gasteiger charge is 2.36. The van der Waals surface area contributed by atoms with E-state index in [4.69, 9.17) is 9.15 Å². The number of urea groups is 1. The van der Waals surface area contributed by atoms with Crippen LogP contribution in [-0.2, 0) is 22.4 Å². The van der Waals surface area contributed by atoms with Crippen molar-refractivity contribution >= 4 is 34.8 Å². The monoisotopic (exact) mass is 618 g/mol. The van der Waals surface area contributed by atoms with E-state index < -0.39 is 18.0 Å². The molecule has 3 aromatic rings. The second-order valence-electron chi connectivity index (χ2n) is 12.6. The van der Waals surface area contributed by atoms with Crippen LogP contribution in [0.4, 0.5) is 15.3 Å². The van der Waals surface area contributed by atoms with E-state index >= 15 is 0 Å². The molecule has 3 aliphatic heterocycles. The first kappa shape index (κ1) is 30.7. The number of fused-ring (bicyclic) bond motifs is 2. The molecule has 45 heavy (non-hydrogen) atoms. The summed E-state index contributed by atoms with van der Waals surface area (Å²) in [7, 11) is 4.10. The van der Waals surface area contributed by atoms with Crippen LogP contribution in [0, 0.1) is 6.92 Å². The molecule has 0 spiro atoms. The van der Waals surface area contributed by atoms with E-state index in [1.165, 1.54) is 0 Å². The number of aryl methyl sites for hydroxylation is 1. The first-order valence-electron chi connectivity index (χ1n) is 15.8. The maximum atomic E-state index is 13.9. The number of carbonyl (C=O) groups is 3. The Morgan fingerprint density at radius 3 is 2.44 bits per heavy atom. The Balaban J connectivity index is 1.12. The zero-order valence-corrected chi connectivity index (χ0v) is 26.2. The van der Waals surface area contributed by atoms with E-state index in [1.807, 2.05) is 56.3 Å². The van der Waals surface area contributed by atoms with Crippen molar-refractivity contribution in [3.63, 3.8) is 0 Å². The fourth-order valence-electron chi connectivity index (χ4n) is 6.91. The third-order valence-electron chi connectivity index (χ3n) is 9.54. The molecule has 1 aromatic heterocycles. The van der Waals surface area contributed by atoms with Gasteiger partial charge in [0.15, 0.2) is 11.7 Å². The highest BCUT2D eigenvalue weighted by atomic mass is 16.6. The third kappa shape index (κ3) is 6.70. The van der Waals surface area contributed by atoms with Crippen LogP contribution < -0.4 is 11.1 Å². The highest BCUT2D eigenvalue weighted by molar-refractivity contribution is 5.91. The molecule has 2 fully saturated rings. The lowest BCUT2D eigenvalue weighted by Crippen LogP contribution is -2.52. The number of nitrogens with zero attached hydrogens (tertiary/aromatic N) is 4. The largest absolute Gasteiger partial charge is 0.436 e. The first-order chi connectivity index (χ1) is 21.7. The van der Waals surface area contributed by atoms with E-state index in [-0.39, 0.29) is 24.4 Å². The molecule has 6 rings (SSSR count). The number of oxazole rings is 1. The van der Waals surface area contributed by atoms with Crippen LogP contribution in [0.5, 0.6) is 0 Å². The number of aromatic nitrogens is 1. The molecule has 240 valence electrons. The Hall–Kier alpha value is -4.32. The minimum atomic E-state index is -1.02. The number of para-hydroxylation sites is 1. The minimum absolute atomic E-state index is 0.00416. The molecule has 2 aromatic carbocycles. The molecule has 1 atom stereocenters. The van der Waals surface area contributed by atoms with E-state index in [9.17, 15) is 19.2 Å². The summed E-state index contributed by atoms with van der Waals surface area (Å²) < 4.78 is 11.3. The van der Waals surface area contributed by atoms with Crippen molar-refractivity contribution in [2.24, 2.45) is 0 Å². The lowest BCUT2D eigenvalue weighted by Gasteiger charge is -2.38. The average molecular weight is 619 g/mol. The molecule has 4 heterocycles. The molecule has 0 aliphatic carbocycles. The summed E-state index contributed by atoms with van der Waals surface area (Å²) in [6.07, 6.45) is 2.32. The van der Waals surface area contributed by atoms with Gasteiger partial charge in [0.25, 0.3) is 5.91 Å². The minimum Gasteiger partial charge on any atom is -0.436 e. The maximum Gasteiger partial charge on any atom is 0.417 e. The van der Waals surface area contributed by atoms with Gasteiger partial charge >= 0.3 is 17.9 Å². The topological polar surface area (TPSA) is 131 Å². The number of rotatable bonds is 6. The van der Waals surface area contributed by atoms with Gasteiger partial charge in [-0.05, 0) is 81.9 Å². The Kier molecular flexibility index (Phi) is 8.84. The van der Waals surface area contributed by atoms with Gasteiger partial charge in [-0.2, -0.15) is 0 Å². The molecule has 4 amide bonds. The van der Waals surface area contributed by atoms with Gasteiger partial charge in [0, 0.05) is 56.9 Å². The normalized spacial score (nSPS) is 18.9. The van der Waals surface area contributed by atoms with Crippen LogP contribution in [-0.4, -0.2) is 108 Å². The molecule has 2 saturated heterocycles. The molecule has 0 radical (unpaired) electrons. The number of aromatic amines is 1. The number of hydrogen-bond donors (Lipinski definition) is 2. The van der Waals surface area contributed by atoms with Crippen molar-refractivity contribution in [1.29, 1.82) is 0 Å². The second-order valence-corrected chi connectivity index (χ2v) is 12.6. The first-order valence-corrected chi connectivity index (χ1v) is 15.8. The standard InChI is InChI=1S/C33H42N6O6/c1-21-18-22(19-27-29(21)35-32(42)44-27)20-28(30(40)37-13-9-24(10-14-37)36(2)3)45-33(43)38-15-11-25(12-16-38)39-17-8-23-6-4-5-7-26(23)34-31(39)41/h4-7,18-19,24-25,28H,8-17,20H2,1-3H3,(H,34,41)(H,35,42)/t28-/m1/s1. The van der Waals surface area contributed by atoms with Crippen molar-refractivity contribution in [3.05, 3.63) is 63.6 Å². The van der Waals surface area contributed by atoms with Crippen LogP contribution >= 0.6 is 0 Å². The molecule has 2 N–H and O–H groups in total. The number of likely N-dealkylation sites (tertiary alicyclic amines) is 2. The highest BCUT2D eigenvalue weighted by Crippen LogP contribution is 2.26. The predicted molar refractivity (Wildman–Crippen MR) is 169 cm³/mol. The Labute approximate surface area is 262 Å². The van der Waals surface area contributed by atoms with Gasteiger partial charge in [0.05, 0.1) is 5.52 Å². The number of piperidine rings is 2.